The highest BCUT2D eigenvalue weighted by atomic mass is 32.2. The number of sulfonamides is 1. The van der Waals surface area contributed by atoms with Crippen LogP contribution in [0.4, 0.5) is 0 Å². The number of nitrogens with one attached hydrogen (secondary N) is 2. The van der Waals surface area contributed by atoms with E-state index in [4.69, 9.17) is 0 Å². The van der Waals surface area contributed by atoms with Crippen LogP contribution >= 0.6 is 0 Å². The highest BCUT2D eigenvalue weighted by molar-refractivity contribution is 7.90. The number of fused-ring (bicyclic) bond motifs is 1. The highest BCUT2D eigenvalue weighted by Gasteiger charge is 2.30. The molecule has 2 aliphatic heterocycles. The predicted octanol–water partition coefficient (Wildman–Crippen LogP) is 0.725. The smallest absolute Gasteiger partial charge is 0.263 e. The summed E-state index contributed by atoms with van der Waals surface area (Å²) in [4.78, 5) is 4.81. The van der Waals surface area contributed by atoms with E-state index in [0.29, 0.717) is 28.8 Å². The first-order chi connectivity index (χ1) is 9.17. The van der Waals surface area contributed by atoms with E-state index in [9.17, 15) is 8.42 Å². The molecule has 0 saturated carbocycles. The molecule has 2 aliphatic rings. The molecule has 0 unspecified atom stereocenters. The van der Waals surface area contributed by atoms with Gasteiger partial charge >= 0.3 is 0 Å². The van der Waals surface area contributed by atoms with Crippen LogP contribution in [0.15, 0.2) is 34.2 Å². The highest BCUT2D eigenvalue weighted by Crippen LogP contribution is 2.22. The van der Waals surface area contributed by atoms with E-state index >= 15 is 0 Å². The first kappa shape index (κ1) is 12.6. The van der Waals surface area contributed by atoms with Crippen LogP contribution in [0.5, 0.6) is 0 Å². The van der Waals surface area contributed by atoms with Crippen LogP contribution in [-0.4, -0.2) is 33.9 Å². The van der Waals surface area contributed by atoms with Crippen molar-refractivity contribution in [3.8, 4) is 0 Å². The van der Waals surface area contributed by atoms with E-state index in [1.54, 1.807) is 18.2 Å². The maximum Gasteiger partial charge on any atom is 0.263 e. The molecule has 0 atom stereocenters. The van der Waals surface area contributed by atoms with Crippen LogP contribution in [0.2, 0.25) is 0 Å². The van der Waals surface area contributed by atoms with Gasteiger partial charge < -0.3 is 5.32 Å². The third-order valence-electron chi connectivity index (χ3n) is 3.63. The third-order valence-corrected chi connectivity index (χ3v) is 5.03. The molecule has 1 aromatic carbocycles. The summed E-state index contributed by atoms with van der Waals surface area (Å²) >= 11 is 0. The molecule has 6 heteroatoms. The Hall–Kier alpha value is -1.40. The van der Waals surface area contributed by atoms with E-state index in [2.05, 4.69) is 15.0 Å². The lowest BCUT2D eigenvalue weighted by Crippen LogP contribution is -2.30. The lowest BCUT2D eigenvalue weighted by Gasteiger charge is -2.20. The molecule has 19 heavy (non-hydrogen) atoms. The van der Waals surface area contributed by atoms with Crippen molar-refractivity contribution in [1.82, 2.24) is 10.0 Å². The van der Waals surface area contributed by atoms with Crippen LogP contribution in [0.1, 0.15) is 18.4 Å². The van der Waals surface area contributed by atoms with Crippen LogP contribution in [0, 0.1) is 5.92 Å². The topological polar surface area (TPSA) is 70.6 Å². The van der Waals surface area contributed by atoms with Crippen LogP contribution in [-0.2, 0) is 10.0 Å². The first-order valence-corrected chi connectivity index (χ1v) is 8.02. The van der Waals surface area contributed by atoms with E-state index < -0.39 is 10.0 Å². The maximum absolute atomic E-state index is 11.9. The zero-order valence-corrected chi connectivity index (χ0v) is 11.4. The fourth-order valence-corrected chi connectivity index (χ4v) is 3.79. The van der Waals surface area contributed by atoms with Gasteiger partial charge in [0.25, 0.3) is 10.0 Å². The Morgan fingerprint density at radius 3 is 2.74 bits per heavy atom. The van der Waals surface area contributed by atoms with Crippen molar-refractivity contribution in [1.29, 1.82) is 0 Å². The second-order valence-corrected chi connectivity index (χ2v) is 6.64. The van der Waals surface area contributed by atoms with E-state index in [0.717, 1.165) is 25.9 Å². The Morgan fingerprint density at radius 1 is 1.21 bits per heavy atom. The largest absolute Gasteiger partial charge is 0.317 e. The Balaban J connectivity index is 1.83. The van der Waals surface area contributed by atoms with Gasteiger partial charge in [0.1, 0.15) is 5.84 Å². The number of piperidine rings is 1. The lowest BCUT2D eigenvalue weighted by molar-refractivity contribution is 0.383. The van der Waals surface area contributed by atoms with Gasteiger partial charge in [-0.15, -0.1) is 0 Å². The quantitative estimate of drug-likeness (QED) is 0.838. The molecule has 1 fully saturated rings. The van der Waals surface area contributed by atoms with Crippen molar-refractivity contribution in [2.75, 3.05) is 19.6 Å². The van der Waals surface area contributed by atoms with Crippen LogP contribution in [0.3, 0.4) is 0 Å². The van der Waals surface area contributed by atoms with Crippen molar-refractivity contribution in [3.63, 3.8) is 0 Å². The van der Waals surface area contributed by atoms with Crippen molar-refractivity contribution < 1.29 is 8.42 Å². The fraction of sp³-hybridized carbons (Fsp3) is 0.462. The first-order valence-electron chi connectivity index (χ1n) is 6.54. The zero-order chi connectivity index (χ0) is 13.3. The number of benzene rings is 1. The molecule has 5 nitrogen and oxygen atoms in total. The summed E-state index contributed by atoms with van der Waals surface area (Å²) in [5.41, 5.74) is 0.691. The SMILES string of the molecule is O=S1(=O)NC(=NCC2CCNCC2)c2ccccc21. The number of hydrogen-bond donors (Lipinski definition) is 2. The van der Waals surface area contributed by atoms with Crippen molar-refractivity contribution in [2.24, 2.45) is 10.9 Å². The lowest BCUT2D eigenvalue weighted by atomic mass is 9.98. The predicted molar refractivity (Wildman–Crippen MR) is 73.8 cm³/mol. The van der Waals surface area contributed by atoms with Gasteiger partial charge in [-0.1, -0.05) is 12.1 Å². The summed E-state index contributed by atoms with van der Waals surface area (Å²) in [6.45, 7) is 2.74. The zero-order valence-electron chi connectivity index (χ0n) is 10.6. The third kappa shape index (κ3) is 2.50. The van der Waals surface area contributed by atoms with Crippen molar-refractivity contribution >= 4 is 15.9 Å². The second-order valence-electron chi connectivity index (χ2n) is 4.98. The fourth-order valence-electron chi connectivity index (χ4n) is 2.54. The molecular weight excluding hydrogens is 262 g/mol. The van der Waals surface area contributed by atoms with Gasteiger partial charge in [0.2, 0.25) is 0 Å². The van der Waals surface area contributed by atoms with Gasteiger partial charge in [0, 0.05) is 12.1 Å². The maximum atomic E-state index is 11.9. The minimum atomic E-state index is -3.40. The monoisotopic (exact) mass is 279 g/mol. The van der Waals surface area contributed by atoms with Gasteiger partial charge in [0.05, 0.1) is 4.90 Å². The van der Waals surface area contributed by atoms with E-state index in [1.807, 2.05) is 6.07 Å². The molecule has 2 N–H and O–H groups in total. The molecule has 0 radical (unpaired) electrons. The molecule has 0 aliphatic carbocycles. The summed E-state index contributed by atoms with van der Waals surface area (Å²) < 4.78 is 26.4. The Kier molecular flexibility index (Phi) is 3.28. The number of rotatable bonds is 2. The molecule has 0 spiro atoms. The summed E-state index contributed by atoms with van der Waals surface area (Å²) in [7, 11) is -3.40. The minimum Gasteiger partial charge on any atom is -0.317 e. The Labute approximate surface area is 113 Å². The van der Waals surface area contributed by atoms with E-state index in [1.165, 1.54) is 0 Å². The average molecular weight is 279 g/mol. The Morgan fingerprint density at radius 2 is 1.95 bits per heavy atom. The van der Waals surface area contributed by atoms with Gasteiger partial charge in [-0.25, -0.2) is 8.42 Å². The molecule has 0 amide bonds. The van der Waals surface area contributed by atoms with E-state index in [-0.39, 0.29) is 0 Å². The molecule has 3 rings (SSSR count). The molecule has 102 valence electrons. The van der Waals surface area contributed by atoms with Crippen LogP contribution < -0.4 is 10.0 Å². The molecule has 0 aromatic heterocycles. The summed E-state index contributed by atoms with van der Waals surface area (Å²) in [5.74, 6) is 1.04. The normalized spacial score (nSPS) is 24.1. The van der Waals surface area contributed by atoms with Crippen molar-refractivity contribution in [2.45, 2.75) is 17.7 Å². The molecular formula is C13H17N3O2S. The molecule has 1 aromatic rings. The summed E-state index contributed by atoms with van der Waals surface area (Å²) in [5, 5.41) is 3.31. The Bertz CT molecular complexity index is 604. The second kappa shape index (κ2) is 4.94. The molecule has 0 bridgehead atoms. The summed E-state index contributed by atoms with van der Waals surface area (Å²) in [6.07, 6.45) is 2.20. The number of amidine groups is 1. The number of hydrogen-bond acceptors (Lipinski definition) is 4. The molecule has 1 saturated heterocycles. The van der Waals surface area contributed by atoms with Crippen molar-refractivity contribution in [3.05, 3.63) is 29.8 Å². The van der Waals surface area contributed by atoms with Gasteiger partial charge in [-0.05, 0) is 44.0 Å². The average Bonchev–Trinajstić information content (AvgIpc) is 2.70. The summed E-state index contributed by atoms with van der Waals surface area (Å²) in [6, 6.07) is 6.98. The standard InChI is InChI=1S/C13H17N3O2S/c17-19(18)12-4-2-1-3-11(12)13(16-19)15-9-10-5-7-14-8-6-10/h1-4,10,14H,5-9H2,(H,15,16). The minimum absolute atomic E-state index is 0.332. The van der Waals surface area contributed by atoms with Gasteiger partial charge in [-0.3, -0.25) is 9.71 Å². The van der Waals surface area contributed by atoms with Crippen LogP contribution in [0.25, 0.3) is 0 Å². The van der Waals surface area contributed by atoms with Gasteiger partial charge in [0.15, 0.2) is 0 Å². The number of aliphatic imine (C=N–C) groups is 1. The van der Waals surface area contributed by atoms with Gasteiger partial charge in [-0.2, -0.15) is 0 Å². The molecule has 2 heterocycles. The number of nitrogens with zero attached hydrogens (tertiary/aromatic N) is 1.